The molecule has 1 heterocycles. The Morgan fingerprint density at radius 3 is 2.76 bits per heavy atom. The zero-order valence-corrected chi connectivity index (χ0v) is 9.98. The third kappa shape index (κ3) is 4.82. The molecule has 0 aliphatic rings. The lowest BCUT2D eigenvalue weighted by atomic mass is 10.2. The Bertz CT molecular complexity index is 354. The van der Waals surface area contributed by atoms with E-state index in [4.69, 9.17) is 11.5 Å². The summed E-state index contributed by atoms with van der Waals surface area (Å²) in [5.41, 5.74) is 11.1. The van der Waals surface area contributed by atoms with Gasteiger partial charge in [-0.2, -0.15) is 0 Å². The number of nitrogens with one attached hydrogen (secondary N) is 1. The number of unbranched alkanes of at least 4 members (excludes halogenated alkanes) is 3. The molecule has 0 saturated heterocycles. The van der Waals surface area contributed by atoms with Crippen LogP contribution in [0.1, 0.15) is 36.0 Å². The van der Waals surface area contributed by atoms with Crippen molar-refractivity contribution < 1.29 is 4.79 Å². The van der Waals surface area contributed by atoms with Crippen LogP contribution in [0.2, 0.25) is 0 Å². The lowest BCUT2D eigenvalue weighted by molar-refractivity contribution is 0.100. The van der Waals surface area contributed by atoms with Crippen LogP contribution >= 0.6 is 0 Å². The molecule has 1 amide bonds. The van der Waals surface area contributed by atoms with Crippen LogP contribution in [-0.2, 0) is 0 Å². The fourth-order valence-electron chi connectivity index (χ4n) is 1.57. The van der Waals surface area contributed by atoms with E-state index in [1.54, 1.807) is 18.3 Å². The number of amides is 1. The van der Waals surface area contributed by atoms with Gasteiger partial charge in [0.1, 0.15) is 5.82 Å². The molecule has 5 N–H and O–H groups in total. The van der Waals surface area contributed by atoms with E-state index in [1.165, 1.54) is 0 Å². The molecule has 0 spiro atoms. The maximum Gasteiger partial charge on any atom is 0.252 e. The molecule has 0 unspecified atom stereocenters. The van der Waals surface area contributed by atoms with Gasteiger partial charge >= 0.3 is 0 Å². The number of nitrogens with two attached hydrogens (primary N) is 2. The molecule has 1 rings (SSSR count). The van der Waals surface area contributed by atoms with Crippen LogP contribution in [0.3, 0.4) is 0 Å². The Kier molecular flexibility index (Phi) is 6.03. The number of anilines is 1. The van der Waals surface area contributed by atoms with Gasteiger partial charge in [0.25, 0.3) is 5.91 Å². The Labute approximate surface area is 102 Å². The van der Waals surface area contributed by atoms with Crippen molar-refractivity contribution in [2.45, 2.75) is 25.7 Å². The van der Waals surface area contributed by atoms with Crippen LogP contribution in [0.15, 0.2) is 18.3 Å². The second kappa shape index (κ2) is 7.62. The second-order valence-electron chi connectivity index (χ2n) is 3.89. The van der Waals surface area contributed by atoms with Gasteiger partial charge in [0.2, 0.25) is 0 Å². The van der Waals surface area contributed by atoms with Crippen LogP contribution in [0.4, 0.5) is 5.82 Å². The Balaban J connectivity index is 2.34. The number of aromatic nitrogens is 1. The summed E-state index contributed by atoms with van der Waals surface area (Å²) in [6, 6.07) is 3.37. The standard InChI is InChI=1S/C12H20N4O/c13-7-3-1-2-4-8-15-12-10(11(14)17)6-5-9-16-12/h5-6,9H,1-4,7-8,13H2,(H2,14,17)(H,15,16). The molecule has 0 radical (unpaired) electrons. The van der Waals surface area contributed by atoms with E-state index in [-0.39, 0.29) is 0 Å². The normalized spacial score (nSPS) is 10.2. The Morgan fingerprint density at radius 1 is 1.29 bits per heavy atom. The van der Waals surface area contributed by atoms with Crippen molar-refractivity contribution in [3.05, 3.63) is 23.9 Å². The van der Waals surface area contributed by atoms with Gasteiger partial charge in [-0.1, -0.05) is 12.8 Å². The van der Waals surface area contributed by atoms with E-state index < -0.39 is 5.91 Å². The van der Waals surface area contributed by atoms with Crippen molar-refractivity contribution in [2.75, 3.05) is 18.4 Å². The van der Waals surface area contributed by atoms with Crippen LogP contribution in [0.25, 0.3) is 0 Å². The van der Waals surface area contributed by atoms with Gasteiger partial charge in [-0.3, -0.25) is 4.79 Å². The minimum absolute atomic E-state index is 0.439. The highest BCUT2D eigenvalue weighted by Crippen LogP contribution is 2.10. The third-order valence-electron chi connectivity index (χ3n) is 2.50. The summed E-state index contributed by atoms with van der Waals surface area (Å²) in [6.07, 6.45) is 6.01. The summed E-state index contributed by atoms with van der Waals surface area (Å²) < 4.78 is 0. The van der Waals surface area contributed by atoms with E-state index in [9.17, 15) is 4.79 Å². The van der Waals surface area contributed by atoms with Crippen LogP contribution in [-0.4, -0.2) is 24.0 Å². The van der Waals surface area contributed by atoms with Gasteiger partial charge in [0, 0.05) is 12.7 Å². The largest absolute Gasteiger partial charge is 0.369 e. The zero-order chi connectivity index (χ0) is 12.5. The predicted molar refractivity (Wildman–Crippen MR) is 68.8 cm³/mol. The molecule has 94 valence electrons. The summed E-state index contributed by atoms with van der Waals surface area (Å²) in [7, 11) is 0. The molecule has 0 bridgehead atoms. The summed E-state index contributed by atoms with van der Waals surface area (Å²) in [5, 5.41) is 3.13. The van der Waals surface area contributed by atoms with Gasteiger partial charge in [-0.15, -0.1) is 0 Å². The molecule has 0 aromatic carbocycles. The van der Waals surface area contributed by atoms with E-state index in [1.807, 2.05) is 0 Å². The molecule has 1 aromatic heterocycles. The number of carbonyl (C=O) groups excluding carboxylic acids is 1. The summed E-state index contributed by atoms with van der Waals surface area (Å²) in [5.74, 6) is 0.113. The second-order valence-corrected chi connectivity index (χ2v) is 3.89. The molecule has 0 aliphatic carbocycles. The average molecular weight is 236 g/mol. The van der Waals surface area contributed by atoms with Crippen molar-refractivity contribution in [3.63, 3.8) is 0 Å². The van der Waals surface area contributed by atoms with Crippen molar-refractivity contribution in [2.24, 2.45) is 11.5 Å². The first kappa shape index (κ1) is 13.4. The highest BCUT2D eigenvalue weighted by atomic mass is 16.1. The molecular weight excluding hydrogens is 216 g/mol. The van der Waals surface area contributed by atoms with Gasteiger partial charge in [-0.05, 0) is 31.5 Å². The lowest BCUT2D eigenvalue weighted by Crippen LogP contribution is -2.15. The fraction of sp³-hybridized carbons (Fsp3) is 0.500. The first-order chi connectivity index (χ1) is 8.25. The van der Waals surface area contributed by atoms with E-state index >= 15 is 0 Å². The molecular formula is C12H20N4O. The molecule has 5 heteroatoms. The fourth-order valence-corrected chi connectivity index (χ4v) is 1.57. The summed E-state index contributed by atoms with van der Waals surface area (Å²) in [6.45, 7) is 1.54. The summed E-state index contributed by atoms with van der Waals surface area (Å²) in [4.78, 5) is 15.2. The molecule has 1 aromatic rings. The molecule has 0 aliphatic heterocycles. The first-order valence-electron chi connectivity index (χ1n) is 5.94. The first-order valence-corrected chi connectivity index (χ1v) is 5.94. The molecule has 5 nitrogen and oxygen atoms in total. The van der Waals surface area contributed by atoms with Crippen LogP contribution < -0.4 is 16.8 Å². The SMILES string of the molecule is NCCCCCCNc1ncccc1C(N)=O. The van der Waals surface area contributed by atoms with Gasteiger partial charge in [0.15, 0.2) is 0 Å². The van der Waals surface area contributed by atoms with Gasteiger partial charge in [0.05, 0.1) is 5.56 Å². The number of hydrogen-bond donors (Lipinski definition) is 3. The highest BCUT2D eigenvalue weighted by molar-refractivity contribution is 5.97. The van der Waals surface area contributed by atoms with E-state index in [0.717, 1.165) is 38.8 Å². The van der Waals surface area contributed by atoms with Gasteiger partial charge in [-0.25, -0.2) is 4.98 Å². The maximum atomic E-state index is 11.1. The third-order valence-corrected chi connectivity index (χ3v) is 2.50. The predicted octanol–water partition coefficient (Wildman–Crippen LogP) is 1.11. The number of rotatable bonds is 8. The quantitative estimate of drug-likeness (QED) is 0.589. The monoisotopic (exact) mass is 236 g/mol. The Morgan fingerprint density at radius 2 is 2.06 bits per heavy atom. The molecule has 17 heavy (non-hydrogen) atoms. The smallest absolute Gasteiger partial charge is 0.252 e. The van der Waals surface area contributed by atoms with Crippen molar-refractivity contribution in [1.82, 2.24) is 4.98 Å². The van der Waals surface area contributed by atoms with Crippen molar-refractivity contribution in [3.8, 4) is 0 Å². The molecule has 0 saturated carbocycles. The maximum absolute atomic E-state index is 11.1. The molecule has 0 atom stereocenters. The van der Waals surface area contributed by atoms with Crippen molar-refractivity contribution >= 4 is 11.7 Å². The minimum Gasteiger partial charge on any atom is -0.369 e. The average Bonchev–Trinajstić information content (AvgIpc) is 2.34. The number of carbonyl (C=O) groups is 1. The number of primary amides is 1. The Hall–Kier alpha value is -1.62. The van der Waals surface area contributed by atoms with E-state index in [2.05, 4.69) is 10.3 Å². The van der Waals surface area contributed by atoms with E-state index in [0.29, 0.717) is 11.4 Å². The number of hydrogen-bond acceptors (Lipinski definition) is 4. The molecule has 0 fully saturated rings. The number of pyridine rings is 1. The van der Waals surface area contributed by atoms with Crippen LogP contribution in [0, 0.1) is 0 Å². The van der Waals surface area contributed by atoms with Crippen LogP contribution in [0.5, 0.6) is 0 Å². The topological polar surface area (TPSA) is 94.0 Å². The number of nitrogens with zero attached hydrogens (tertiary/aromatic N) is 1. The lowest BCUT2D eigenvalue weighted by Gasteiger charge is -2.08. The zero-order valence-electron chi connectivity index (χ0n) is 9.98. The summed E-state index contributed by atoms with van der Waals surface area (Å²) >= 11 is 0. The van der Waals surface area contributed by atoms with Gasteiger partial charge < -0.3 is 16.8 Å². The highest BCUT2D eigenvalue weighted by Gasteiger charge is 2.07. The van der Waals surface area contributed by atoms with Crippen molar-refractivity contribution in [1.29, 1.82) is 0 Å². The minimum atomic E-state index is -0.455.